The zero-order valence-corrected chi connectivity index (χ0v) is 21.2. The van der Waals surface area contributed by atoms with Crippen molar-refractivity contribution >= 4 is 60.8 Å². The highest BCUT2D eigenvalue weighted by molar-refractivity contribution is 6.11. The van der Waals surface area contributed by atoms with Gasteiger partial charge in [0.1, 0.15) is 11.2 Å². The second kappa shape index (κ2) is 8.64. The van der Waals surface area contributed by atoms with Crippen molar-refractivity contribution < 1.29 is 4.42 Å². The highest BCUT2D eigenvalue weighted by Crippen LogP contribution is 2.41. The number of hydrogen-bond donors (Lipinski definition) is 0. The second-order valence-corrected chi connectivity index (χ2v) is 9.84. The Morgan fingerprint density at radius 1 is 0.410 bits per heavy atom. The molecule has 0 amide bonds. The Hall–Kier alpha value is -5.28. The summed E-state index contributed by atoms with van der Waals surface area (Å²) in [5, 5.41) is 4.73. The number of anilines is 3. The third kappa shape index (κ3) is 3.44. The Kier molecular flexibility index (Phi) is 4.82. The minimum Gasteiger partial charge on any atom is -0.456 e. The van der Waals surface area contributed by atoms with Gasteiger partial charge in [0.15, 0.2) is 0 Å². The van der Waals surface area contributed by atoms with Crippen molar-refractivity contribution in [1.29, 1.82) is 0 Å². The summed E-state index contributed by atoms with van der Waals surface area (Å²) in [6, 6.07) is 51.3. The quantitative estimate of drug-likeness (QED) is 0.240. The van der Waals surface area contributed by atoms with E-state index in [-0.39, 0.29) is 0 Å². The van der Waals surface area contributed by atoms with Crippen LogP contribution in [0.15, 0.2) is 150 Å². The summed E-state index contributed by atoms with van der Waals surface area (Å²) in [6.07, 6.45) is 0. The average molecular weight is 501 g/mol. The second-order valence-electron chi connectivity index (χ2n) is 9.84. The van der Waals surface area contributed by atoms with Crippen LogP contribution in [0.3, 0.4) is 0 Å². The number of fused-ring (bicyclic) bond motifs is 6. The van der Waals surface area contributed by atoms with Crippen LogP contribution in [0.1, 0.15) is 0 Å². The minimum absolute atomic E-state index is 0.896. The maximum absolute atomic E-state index is 6.13. The van der Waals surface area contributed by atoms with E-state index in [0.717, 1.165) is 44.7 Å². The number of furan rings is 1. The predicted octanol–water partition coefficient (Wildman–Crippen LogP) is 10.2. The van der Waals surface area contributed by atoms with E-state index in [1.165, 1.54) is 21.8 Å². The largest absolute Gasteiger partial charge is 0.456 e. The van der Waals surface area contributed by atoms with Crippen molar-refractivity contribution in [2.24, 2.45) is 0 Å². The van der Waals surface area contributed by atoms with Crippen LogP contribution in [0, 0.1) is 0 Å². The van der Waals surface area contributed by atoms with Crippen molar-refractivity contribution in [2.45, 2.75) is 0 Å². The third-order valence-electron chi connectivity index (χ3n) is 7.56. The molecule has 184 valence electrons. The first-order valence-corrected chi connectivity index (χ1v) is 13.2. The number of rotatable bonds is 4. The summed E-state index contributed by atoms with van der Waals surface area (Å²) in [7, 11) is 0. The molecule has 0 aliphatic carbocycles. The Morgan fingerprint density at radius 2 is 1.03 bits per heavy atom. The number of benzene rings is 6. The van der Waals surface area contributed by atoms with Gasteiger partial charge in [0.25, 0.3) is 0 Å². The van der Waals surface area contributed by atoms with E-state index in [2.05, 4.69) is 143 Å². The Bertz CT molecular complexity index is 2120. The molecule has 0 aliphatic heterocycles. The molecule has 2 heterocycles. The molecule has 6 aromatic carbocycles. The summed E-state index contributed by atoms with van der Waals surface area (Å²) in [6.45, 7) is 0. The highest BCUT2D eigenvalue weighted by atomic mass is 16.3. The molecule has 3 nitrogen and oxygen atoms in total. The lowest BCUT2D eigenvalue weighted by Crippen LogP contribution is -2.09. The lowest BCUT2D eigenvalue weighted by molar-refractivity contribution is 0.669. The summed E-state index contributed by atoms with van der Waals surface area (Å²) < 4.78 is 8.50. The van der Waals surface area contributed by atoms with Gasteiger partial charge in [-0.05, 0) is 66.7 Å². The van der Waals surface area contributed by atoms with Crippen LogP contribution in [0.4, 0.5) is 17.1 Å². The fourth-order valence-electron chi connectivity index (χ4n) is 5.83. The molecule has 0 bridgehead atoms. The van der Waals surface area contributed by atoms with Gasteiger partial charge in [-0.1, -0.05) is 78.9 Å². The molecule has 8 aromatic rings. The van der Waals surface area contributed by atoms with Crippen LogP contribution in [0.5, 0.6) is 0 Å². The van der Waals surface area contributed by atoms with Crippen LogP contribution < -0.4 is 4.90 Å². The Balaban J connectivity index is 1.40. The normalized spacial score (nSPS) is 11.6. The number of nitrogens with zero attached hydrogens (tertiary/aromatic N) is 2. The first kappa shape index (κ1) is 21.8. The van der Waals surface area contributed by atoms with Crippen LogP contribution in [0.25, 0.3) is 49.4 Å². The zero-order valence-electron chi connectivity index (χ0n) is 21.2. The molecule has 39 heavy (non-hydrogen) atoms. The molecular weight excluding hydrogens is 476 g/mol. The third-order valence-corrected chi connectivity index (χ3v) is 7.56. The molecule has 8 rings (SSSR count). The topological polar surface area (TPSA) is 21.3 Å². The molecular formula is C36H24N2O. The van der Waals surface area contributed by atoms with Gasteiger partial charge >= 0.3 is 0 Å². The van der Waals surface area contributed by atoms with Gasteiger partial charge in [-0.3, -0.25) is 0 Å². The van der Waals surface area contributed by atoms with Crippen LogP contribution in [0.2, 0.25) is 0 Å². The molecule has 0 saturated heterocycles. The van der Waals surface area contributed by atoms with Gasteiger partial charge in [0.2, 0.25) is 0 Å². The summed E-state index contributed by atoms with van der Waals surface area (Å²) in [4.78, 5) is 2.33. The van der Waals surface area contributed by atoms with Crippen molar-refractivity contribution in [3.63, 3.8) is 0 Å². The lowest BCUT2D eigenvalue weighted by atomic mass is 10.1. The number of hydrogen-bond acceptors (Lipinski definition) is 2. The fraction of sp³-hybridized carbons (Fsp3) is 0. The van der Waals surface area contributed by atoms with Crippen LogP contribution >= 0.6 is 0 Å². The molecule has 0 saturated carbocycles. The van der Waals surface area contributed by atoms with E-state index < -0.39 is 0 Å². The van der Waals surface area contributed by atoms with Gasteiger partial charge < -0.3 is 13.9 Å². The average Bonchev–Trinajstić information content (AvgIpc) is 3.53. The van der Waals surface area contributed by atoms with Crippen molar-refractivity contribution in [2.75, 3.05) is 4.90 Å². The van der Waals surface area contributed by atoms with Crippen molar-refractivity contribution in [1.82, 2.24) is 4.57 Å². The smallest absolute Gasteiger partial charge is 0.135 e. The van der Waals surface area contributed by atoms with Gasteiger partial charge in [0, 0.05) is 44.3 Å². The zero-order chi connectivity index (χ0) is 25.8. The molecule has 0 fully saturated rings. The van der Waals surface area contributed by atoms with Crippen molar-refractivity contribution in [3.05, 3.63) is 146 Å². The van der Waals surface area contributed by atoms with Gasteiger partial charge in [-0.25, -0.2) is 0 Å². The summed E-state index contributed by atoms with van der Waals surface area (Å²) >= 11 is 0. The van der Waals surface area contributed by atoms with Gasteiger partial charge in [-0.2, -0.15) is 0 Å². The Labute approximate surface area is 225 Å². The number of aromatic nitrogens is 1. The standard InChI is InChI=1S/C36H24N2O/c1-3-11-25(12-4-1)37(27-20-22-36-32(23-27)31-16-8-10-18-35(31)39-36)28-19-21-30-29-15-7-9-17-33(29)38(34(30)24-28)26-13-5-2-6-14-26/h1-24H. The summed E-state index contributed by atoms with van der Waals surface area (Å²) in [5.74, 6) is 0. The highest BCUT2D eigenvalue weighted by Gasteiger charge is 2.18. The van der Waals surface area contributed by atoms with E-state index in [9.17, 15) is 0 Å². The fourth-order valence-corrected chi connectivity index (χ4v) is 5.83. The molecule has 0 N–H and O–H groups in total. The molecule has 3 heteroatoms. The minimum atomic E-state index is 0.896. The maximum Gasteiger partial charge on any atom is 0.135 e. The summed E-state index contributed by atoms with van der Waals surface area (Å²) in [5.41, 5.74) is 8.62. The molecule has 0 spiro atoms. The molecule has 2 aromatic heterocycles. The molecule has 0 unspecified atom stereocenters. The van der Waals surface area contributed by atoms with Crippen molar-refractivity contribution in [3.8, 4) is 5.69 Å². The van der Waals surface area contributed by atoms with Crippen LogP contribution in [-0.2, 0) is 0 Å². The van der Waals surface area contributed by atoms with E-state index in [4.69, 9.17) is 4.42 Å². The predicted molar refractivity (Wildman–Crippen MR) is 163 cm³/mol. The SMILES string of the molecule is c1ccc(N(c2ccc3oc4ccccc4c3c2)c2ccc3c4ccccc4n(-c4ccccc4)c3c2)cc1. The molecule has 0 aliphatic rings. The first-order valence-electron chi connectivity index (χ1n) is 13.2. The van der Waals surface area contributed by atoms with Gasteiger partial charge in [0.05, 0.1) is 11.0 Å². The maximum atomic E-state index is 6.13. The monoisotopic (exact) mass is 500 g/mol. The lowest BCUT2D eigenvalue weighted by Gasteiger charge is -2.26. The van der Waals surface area contributed by atoms with Gasteiger partial charge in [-0.15, -0.1) is 0 Å². The van der Waals surface area contributed by atoms with E-state index in [0.29, 0.717) is 0 Å². The number of para-hydroxylation sites is 4. The van der Waals surface area contributed by atoms with Crippen LogP contribution in [-0.4, -0.2) is 4.57 Å². The Morgan fingerprint density at radius 3 is 1.87 bits per heavy atom. The first-order chi connectivity index (χ1) is 19.3. The van der Waals surface area contributed by atoms with E-state index >= 15 is 0 Å². The molecule has 0 atom stereocenters. The van der Waals surface area contributed by atoms with E-state index in [1.54, 1.807) is 0 Å². The molecule has 0 radical (unpaired) electrons. The van der Waals surface area contributed by atoms with E-state index in [1.807, 2.05) is 12.1 Å².